The van der Waals surface area contributed by atoms with Crippen LogP contribution in [-0.4, -0.2) is 12.3 Å². The Kier molecular flexibility index (Phi) is 5.54. The zero-order chi connectivity index (χ0) is 19.2. The predicted molar refractivity (Wildman–Crippen MR) is 117 cm³/mol. The Morgan fingerprint density at radius 2 is 1.78 bits per heavy atom. The Morgan fingerprint density at radius 3 is 2.56 bits per heavy atom. The van der Waals surface area contributed by atoms with Gasteiger partial charge < -0.3 is 0 Å². The van der Waals surface area contributed by atoms with Crippen LogP contribution in [0.2, 0.25) is 0 Å². The van der Waals surface area contributed by atoms with Crippen molar-refractivity contribution >= 4 is 5.71 Å². The lowest BCUT2D eigenvalue weighted by Crippen LogP contribution is -2.53. The third-order valence-electron chi connectivity index (χ3n) is 9.99. The molecule has 0 bridgehead atoms. The smallest absolute Gasteiger partial charge is 0.0389 e. The zero-order valence-corrected chi connectivity index (χ0v) is 18.9. The fraction of sp³-hybridized carbons (Fsp3) is 0.962. The molecule has 0 spiro atoms. The van der Waals surface area contributed by atoms with Crippen LogP contribution in [0.3, 0.4) is 0 Å². The molecular weight excluding hydrogens is 326 g/mol. The number of rotatable bonds is 5. The first kappa shape index (κ1) is 20.0. The van der Waals surface area contributed by atoms with Crippen LogP contribution in [0.5, 0.6) is 0 Å². The van der Waals surface area contributed by atoms with Gasteiger partial charge in [-0.2, -0.15) is 0 Å². The zero-order valence-electron chi connectivity index (χ0n) is 18.9. The average molecular weight is 372 g/mol. The summed E-state index contributed by atoms with van der Waals surface area (Å²) in [6, 6.07) is 0. The Bertz CT molecular complexity index is 563. The molecule has 1 heterocycles. The maximum atomic E-state index is 5.02. The second-order valence-corrected chi connectivity index (χ2v) is 11.8. The standard InChI is InChI=1S/C26H45N/c1-18(2)8-6-9-19(3)21-11-12-22-20-10-13-24-26(5,15-7-17-27-24)23(20)14-16-25(21,22)4/h18-23H,6-17H2,1-5H3/t19-,20+,21-,22+,23+,25-,26-/m1/s1. The van der Waals surface area contributed by atoms with Gasteiger partial charge in [0.1, 0.15) is 0 Å². The van der Waals surface area contributed by atoms with E-state index >= 15 is 0 Å². The van der Waals surface area contributed by atoms with E-state index in [1.807, 2.05) is 0 Å². The number of fused-ring (bicyclic) bond motifs is 5. The third kappa shape index (κ3) is 3.33. The average Bonchev–Trinajstić information content (AvgIpc) is 2.98. The van der Waals surface area contributed by atoms with E-state index in [-0.39, 0.29) is 0 Å². The van der Waals surface area contributed by atoms with Crippen molar-refractivity contribution in [3.8, 4) is 0 Å². The number of hydrogen-bond acceptors (Lipinski definition) is 1. The Balaban J connectivity index is 1.48. The van der Waals surface area contributed by atoms with Gasteiger partial charge in [0.25, 0.3) is 0 Å². The molecule has 0 aromatic rings. The summed E-state index contributed by atoms with van der Waals surface area (Å²) in [6.45, 7) is 13.8. The highest BCUT2D eigenvalue weighted by molar-refractivity contribution is 5.91. The van der Waals surface area contributed by atoms with Crippen molar-refractivity contribution in [2.24, 2.45) is 51.3 Å². The van der Waals surface area contributed by atoms with E-state index in [0.29, 0.717) is 10.8 Å². The summed E-state index contributed by atoms with van der Waals surface area (Å²) in [4.78, 5) is 5.02. The maximum absolute atomic E-state index is 5.02. The fourth-order valence-corrected chi connectivity index (χ4v) is 8.56. The molecule has 0 saturated heterocycles. The van der Waals surface area contributed by atoms with Crippen molar-refractivity contribution in [1.82, 2.24) is 0 Å². The molecule has 7 atom stereocenters. The van der Waals surface area contributed by atoms with Crippen LogP contribution >= 0.6 is 0 Å². The topological polar surface area (TPSA) is 12.4 Å². The van der Waals surface area contributed by atoms with Gasteiger partial charge in [-0.3, -0.25) is 4.99 Å². The molecule has 3 fully saturated rings. The lowest BCUT2D eigenvalue weighted by Gasteiger charge is -2.58. The SMILES string of the molecule is CC(C)CCC[C@@H](C)[C@H]1CC[C@H]2[C@@H]3CCC4=NCCC[C@]4(C)[C@H]3CC[C@]12C. The van der Waals surface area contributed by atoms with Crippen LogP contribution in [0.15, 0.2) is 4.99 Å². The molecule has 4 rings (SSSR count). The first-order valence-electron chi connectivity index (χ1n) is 12.4. The molecule has 4 aliphatic rings. The second-order valence-electron chi connectivity index (χ2n) is 11.8. The van der Waals surface area contributed by atoms with Crippen LogP contribution in [0.1, 0.15) is 105 Å². The van der Waals surface area contributed by atoms with Crippen LogP contribution in [-0.2, 0) is 0 Å². The van der Waals surface area contributed by atoms with Gasteiger partial charge in [0.15, 0.2) is 0 Å². The van der Waals surface area contributed by atoms with E-state index in [9.17, 15) is 0 Å². The van der Waals surface area contributed by atoms with Gasteiger partial charge in [-0.1, -0.05) is 53.9 Å². The molecular formula is C26H45N. The Labute approximate surface area is 169 Å². The van der Waals surface area contributed by atoms with Crippen LogP contribution in [0, 0.1) is 46.3 Å². The molecule has 0 unspecified atom stereocenters. The summed E-state index contributed by atoms with van der Waals surface area (Å²) in [6.07, 6.45) is 15.9. The summed E-state index contributed by atoms with van der Waals surface area (Å²) in [5.41, 5.74) is 2.72. The monoisotopic (exact) mass is 371 g/mol. The highest BCUT2D eigenvalue weighted by atomic mass is 14.8. The molecule has 154 valence electrons. The van der Waals surface area contributed by atoms with Crippen molar-refractivity contribution in [1.29, 1.82) is 0 Å². The van der Waals surface area contributed by atoms with E-state index in [4.69, 9.17) is 4.99 Å². The molecule has 0 aromatic heterocycles. The first-order valence-corrected chi connectivity index (χ1v) is 12.4. The minimum absolute atomic E-state index is 0.462. The number of nitrogens with zero attached hydrogens (tertiary/aromatic N) is 1. The normalized spacial score (nSPS) is 45.0. The van der Waals surface area contributed by atoms with Gasteiger partial charge in [-0.15, -0.1) is 0 Å². The molecule has 1 heteroatoms. The molecule has 0 N–H and O–H groups in total. The van der Waals surface area contributed by atoms with E-state index in [1.54, 1.807) is 5.71 Å². The summed E-state index contributed by atoms with van der Waals surface area (Å²) < 4.78 is 0. The third-order valence-corrected chi connectivity index (χ3v) is 9.99. The molecule has 3 aliphatic carbocycles. The second kappa shape index (κ2) is 7.49. The van der Waals surface area contributed by atoms with Crippen molar-refractivity contribution in [3.63, 3.8) is 0 Å². The molecule has 3 saturated carbocycles. The van der Waals surface area contributed by atoms with Gasteiger partial charge in [0.2, 0.25) is 0 Å². The highest BCUT2D eigenvalue weighted by Crippen LogP contribution is 2.66. The maximum Gasteiger partial charge on any atom is 0.0389 e. The van der Waals surface area contributed by atoms with Crippen molar-refractivity contribution in [2.75, 3.05) is 6.54 Å². The van der Waals surface area contributed by atoms with E-state index in [1.165, 1.54) is 70.6 Å². The Hall–Kier alpha value is -0.330. The fourth-order valence-electron chi connectivity index (χ4n) is 8.56. The minimum Gasteiger partial charge on any atom is -0.294 e. The molecule has 0 radical (unpaired) electrons. The van der Waals surface area contributed by atoms with Crippen LogP contribution < -0.4 is 0 Å². The number of hydrogen-bond donors (Lipinski definition) is 0. The quantitative estimate of drug-likeness (QED) is 0.473. The van der Waals surface area contributed by atoms with Crippen LogP contribution in [0.4, 0.5) is 0 Å². The lowest BCUT2D eigenvalue weighted by atomic mass is 9.47. The minimum atomic E-state index is 0.462. The summed E-state index contributed by atoms with van der Waals surface area (Å²) in [7, 11) is 0. The van der Waals surface area contributed by atoms with Gasteiger partial charge in [0, 0.05) is 17.7 Å². The van der Waals surface area contributed by atoms with Crippen LogP contribution in [0.25, 0.3) is 0 Å². The van der Waals surface area contributed by atoms with E-state index in [2.05, 4.69) is 34.6 Å². The van der Waals surface area contributed by atoms with Gasteiger partial charge in [0.05, 0.1) is 0 Å². The van der Waals surface area contributed by atoms with Crippen molar-refractivity contribution in [2.45, 2.75) is 105 Å². The molecule has 27 heavy (non-hydrogen) atoms. The summed E-state index contributed by atoms with van der Waals surface area (Å²) >= 11 is 0. The molecule has 1 nitrogen and oxygen atoms in total. The van der Waals surface area contributed by atoms with E-state index in [0.717, 1.165) is 42.1 Å². The van der Waals surface area contributed by atoms with Crippen molar-refractivity contribution < 1.29 is 0 Å². The van der Waals surface area contributed by atoms with E-state index < -0.39 is 0 Å². The molecule has 1 aliphatic heterocycles. The van der Waals surface area contributed by atoms with Crippen molar-refractivity contribution in [3.05, 3.63) is 0 Å². The van der Waals surface area contributed by atoms with Gasteiger partial charge in [-0.25, -0.2) is 0 Å². The Morgan fingerprint density at radius 1 is 0.963 bits per heavy atom. The van der Waals surface area contributed by atoms with Gasteiger partial charge in [-0.05, 0) is 92.3 Å². The summed E-state index contributed by atoms with van der Waals surface area (Å²) in [5.74, 6) is 5.74. The summed E-state index contributed by atoms with van der Waals surface area (Å²) in [5, 5.41) is 0. The highest BCUT2D eigenvalue weighted by Gasteiger charge is 2.59. The number of aliphatic imine (C=N–C) groups is 1. The first-order chi connectivity index (χ1) is 12.9. The van der Waals surface area contributed by atoms with Gasteiger partial charge >= 0.3 is 0 Å². The molecule has 0 amide bonds. The lowest BCUT2D eigenvalue weighted by molar-refractivity contribution is -0.0454. The molecule has 0 aromatic carbocycles. The predicted octanol–water partition coefficient (Wildman–Crippen LogP) is 7.54. The largest absolute Gasteiger partial charge is 0.294 e.